The van der Waals surface area contributed by atoms with E-state index in [1.807, 2.05) is 36.4 Å². The van der Waals surface area contributed by atoms with Gasteiger partial charge < -0.3 is 9.84 Å². The van der Waals surface area contributed by atoms with Gasteiger partial charge in [0.05, 0.1) is 13.0 Å². The van der Waals surface area contributed by atoms with Crippen LogP contribution in [0.2, 0.25) is 0 Å². The highest BCUT2D eigenvalue weighted by molar-refractivity contribution is 5.89. The van der Waals surface area contributed by atoms with Crippen molar-refractivity contribution in [1.82, 2.24) is 0 Å². The van der Waals surface area contributed by atoms with Gasteiger partial charge in [-0.3, -0.25) is 4.79 Å². The highest BCUT2D eigenvalue weighted by Crippen LogP contribution is 2.25. The molecule has 112 valence electrons. The van der Waals surface area contributed by atoms with Gasteiger partial charge in [0, 0.05) is 0 Å². The van der Waals surface area contributed by atoms with Gasteiger partial charge in [-0.05, 0) is 34.9 Å². The lowest BCUT2D eigenvalue weighted by Crippen LogP contribution is -2.01. The van der Waals surface area contributed by atoms with Crippen LogP contribution in [0.4, 0.5) is 0 Å². The topological polar surface area (TPSA) is 46.5 Å². The van der Waals surface area contributed by atoms with Crippen LogP contribution in [0.5, 0.6) is 5.75 Å². The molecule has 1 N–H and O–H groups in total. The highest BCUT2D eigenvalue weighted by Gasteiger charge is 2.06. The smallest absolute Gasteiger partial charge is 0.307 e. The zero-order chi connectivity index (χ0) is 15.1. The van der Waals surface area contributed by atoms with Gasteiger partial charge in [0.15, 0.2) is 0 Å². The van der Waals surface area contributed by atoms with Gasteiger partial charge in [-0.15, -0.1) is 0 Å². The van der Waals surface area contributed by atoms with E-state index in [0.29, 0.717) is 6.61 Å². The van der Waals surface area contributed by atoms with Crippen molar-refractivity contribution in [2.24, 2.45) is 0 Å². The molecule has 2 rings (SSSR count). The standard InChI is InChI=1S/C18H22O3/c1-2-3-4-5-11-21-16-10-9-14-7-6-8-15(12-18(19)20)17(14)13-16/h6-10,13H,2-5,11-12H2,1H3,(H,19,20). The zero-order valence-electron chi connectivity index (χ0n) is 12.5. The van der Waals surface area contributed by atoms with E-state index < -0.39 is 5.97 Å². The minimum absolute atomic E-state index is 0.0390. The Morgan fingerprint density at radius 2 is 2.00 bits per heavy atom. The maximum atomic E-state index is 10.9. The average Bonchev–Trinajstić information content (AvgIpc) is 2.47. The molecule has 0 radical (unpaired) electrons. The normalized spacial score (nSPS) is 10.7. The fourth-order valence-electron chi connectivity index (χ4n) is 2.44. The van der Waals surface area contributed by atoms with Gasteiger partial charge in [0.2, 0.25) is 0 Å². The van der Waals surface area contributed by atoms with Gasteiger partial charge in [0.25, 0.3) is 0 Å². The number of unbranched alkanes of at least 4 members (excludes halogenated alkanes) is 3. The lowest BCUT2D eigenvalue weighted by atomic mass is 10.0. The van der Waals surface area contributed by atoms with E-state index in [4.69, 9.17) is 9.84 Å². The van der Waals surface area contributed by atoms with E-state index in [1.165, 1.54) is 19.3 Å². The summed E-state index contributed by atoms with van der Waals surface area (Å²) in [4.78, 5) is 10.9. The molecule has 2 aromatic carbocycles. The molecule has 0 saturated carbocycles. The largest absolute Gasteiger partial charge is 0.494 e. The summed E-state index contributed by atoms with van der Waals surface area (Å²) < 4.78 is 5.77. The van der Waals surface area contributed by atoms with E-state index in [-0.39, 0.29) is 6.42 Å². The zero-order valence-corrected chi connectivity index (χ0v) is 12.5. The van der Waals surface area contributed by atoms with Crippen LogP contribution in [0.1, 0.15) is 38.2 Å². The lowest BCUT2D eigenvalue weighted by Gasteiger charge is -2.09. The second-order valence-corrected chi connectivity index (χ2v) is 5.28. The molecule has 0 aromatic heterocycles. The fraction of sp³-hybridized carbons (Fsp3) is 0.389. The summed E-state index contributed by atoms with van der Waals surface area (Å²) in [6.45, 7) is 2.90. The first kappa shape index (κ1) is 15.4. The molecular formula is C18H22O3. The summed E-state index contributed by atoms with van der Waals surface area (Å²) in [5.41, 5.74) is 0.830. The molecule has 0 atom stereocenters. The van der Waals surface area contributed by atoms with Gasteiger partial charge in [0.1, 0.15) is 5.75 Å². The number of carboxylic acids is 1. The number of fused-ring (bicyclic) bond motifs is 1. The van der Waals surface area contributed by atoms with Crippen molar-refractivity contribution in [2.75, 3.05) is 6.61 Å². The average molecular weight is 286 g/mol. The summed E-state index contributed by atoms with van der Waals surface area (Å²) in [7, 11) is 0. The molecule has 0 heterocycles. The first-order valence-electron chi connectivity index (χ1n) is 7.57. The van der Waals surface area contributed by atoms with Crippen molar-refractivity contribution >= 4 is 16.7 Å². The highest BCUT2D eigenvalue weighted by atomic mass is 16.5. The van der Waals surface area contributed by atoms with Gasteiger partial charge in [-0.1, -0.05) is 50.5 Å². The summed E-state index contributed by atoms with van der Waals surface area (Å²) in [6.07, 6.45) is 4.74. The summed E-state index contributed by atoms with van der Waals surface area (Å²) in [6, 6.07) is 11.6. The SMILES string of the molecule is CCCCCCOc1ccc2cccc(CC(=O)O)c2c1. The molecule has 21 heavy (non-hydrogen) atoms. The summed E-state index contributed by atoms with van der Waals surface area (Å²) >= 11 is 0. The monoisotopic (exact) mass is 286 g/mol. The number of benzene rings is 2. The number of carbonyl (C=O) groups is 1. The molecule has 0 aliphatic rings. The lowest BCUT2D eigenvalue weighted by molar-refractivity contribution is -0.136. The van der Waals surface area contributed by atoms with Crippen molar-refractivity contribution < 1.29 is 14.6 Å². The third-order valence-corrected chi connectivity index (χ3v) is 3.55. The van der Waals surface area contributed by atoms with Gasteiger partial charge in [-0.25, -0.2) is 0 Å². The van der Waals surface area contributed by atoms with Crippen molar-refractivity contribution in [3.05, 3.63) is 42.0 Å². The van der Waals surface area contributed by atoms with Crippen LogP contribution in [-0.4, -0.2) is 17.7 Å². The first-order chi connectivity index (χ1) is 10.2. The third-order valence-electron chi connectivity index (χ3n) is 3.55. The molecule has 0 spiro atoms. The van der Waals surface area contributed by atoms with Crippen LogP contribution in [0, 0.1) is 0 Å². The van der Waals surface area contributed by atoms with Crippen LogP contribution in [0.25, 0.3) is 10.8 Å². The van der Waals surface area contributed by atoms with Crippen molar-refractivity contribution in [3.8, 4) is 5.75 Å². The first-order valence-corrected chi connectivity index (χ1v) is 7.57. The Morgan fingerprint density at radius 3 is 2.76 bits per heavy atom. The molecule has 0 amide bonds. The van der Waals surface area contributed by atoms with Crippen LogP contribution >= 0.6 is 0 Å². The van der Waals surface area contributed by atoms with E-state index in [9.17, 15) is 4.79 Å². The third kappa shape index (κ3) is 4.48. The molecule has 0 aliphatic carbocycles. The molecule has 2 aromatic rings. The molecule has 0 unspecified atom stereocenters. The number of rotatable bonds is 8. The van der Waals surface area contributed by atoms with Gasteiger partial charge >= 0.3 is 5.97 Å². The van der Waals surface area contributed by atoms with Crippen molar-refractivity contribution in [2.45, 2.75) is 39.0 Å². The van der Waals surface area contributed by atoms with Crippen molar-refractivity contribution in [3.63, 3.8) is 0 Å². The Labute approximate surface area is 125 Å². The van der Waals surface area contributed by atoms with E-state index >= 15 is 0 Å². The van der Waals surface area contributed by atoms with E-state index in [2.05, 4.69) is 6.92 Å². The Morgan fingerprint density at radius 1 is 1.14 bits per heavy atom. The number of hydrogen-bond donors (Lipinski definition) is 1. The molecule has 0 aliphatic heterocycles. The quantitative estimate of drug-likeness (QED) is 0.730. The maximum absolute atomic E-state index is 10.9. The van der Waals surface area contributed by atoms with Crippen LogP contribution < -0.4 is 4.74 Å². The minimum Gasteiger partial charge on any atom is -0.494 e. The van der Waals surface area contributed by atoms with E-state index in [0.717, 1.165) is 28.5 Å². The minimum atomic E-state index is -0.812. The molecule has 3 nitrogen and oxygen atoms in total. The Kier molecular flexibility index (Phi) is 5.61. The van der Waals surface area contributed by atoms with Crippen molar-refractivity contribution in [1.29, 1.82) is 0 Å². The van der Waals surface area contributed by atoms with E-state index in [1.54, 1.807) is 0 Å². The number of ether oxygens (including phenoxy) is 1. The molecule has 3 heteroatoms. The van der Waals surface area contributed by atoms with Crippen LogP contribution in [0.3, 0.4) is 0 Å². The second kappa shape index (κ2) is 7.67. The Balaban J connectivity index is 2.10. The summed E-state index contributed by atoms with van der Waals surface area (Å²) in [5.74, 6) is 0.00484. The Bertz CT molecular complexity index is 604. The Hall–Kier alpha value is -2.03. The number of aliphatic carboxylic acids is 1. The molecular weight excluding hydrogens is 264 g/mol. The second-order valence-electron chi connectivity index (χ2n) is 5.28. The molecule has 0 fully saturated rings. The van der Waals surface area contributed by atoms with Crippen LogP contribution in [0.15, 0.2) is 36.4 Å². The predicted octanol–water partition coefficient (Wildman–Crippen LogP) is 4.43. The van der Waals surface area contributed by atoms with Gasteiger partial charge in [-0.2, -0.15) is 0 Å². The number of carboxylic acid groups (broad SMARTS) is 1. The fourth-order valence-corrected chi connectivity index (χ4v) is 2.44. The molecule has 0 bridgehead atoms. The number of hydrogen-bond acceptors (Lipinski definition) is 2. The van der Waals surface area contributed by atoms with Crippen LogP contribution in [-0.2, 0) is 11.2 Å². The molecule has 0 saturated heterocycles. The summed E-state index contributed by atoms with van der Waals surface area (Å²) in [5, 5.41) is 11.0. The maximum Gasteiger partial charge on any atom is 0.307 e. The predicted molar refractivity (Wildman–Crippen MR) is 84.9 cm³/mol.